The third kappa shape index (κ3) is 19.4. The lowest BCUT2D eigenvalue weighted by atomic mass is 9.97. The fourth-order valence-corrected chi connectivity index (χ4v) is 11.5. The topological polar surface area (TPSA) is 157 Å². The Morgan fingerprint density at radius 1 is 0.315 bits per heavy atom. The van der Waals surface area contributed by atoms with Gasteiger partial charge in [0, 0.05) is 7.11 Å². The Bertz CT molecular complexity index is 3120. The first-order valence-electron chi connectivity index (χ1n) is 29.9. The molecular formula is C71H84O17S. The summed E-state index contributed by atoms with van der Waals surface area (Å²) < 4.78 is 107. The summed E-state index contributed by atoms with van der Waals surface area (Å²) in [6.45, 7) is 4.57. The molecule has 10 atom stereocenters. The van der Waals surface area contributed by atoms with E-state index in [2.05, 4.69) is 13.0 Å². The third-order valence-corrected chi connectivity index (χ3v) is 16.5. The molecule has 2 heterocycles. The van der Waals surface area contributed by atoms with Gasteiger partial charge in [-0.1, -0.05) is 104 Å². The van der Waals surface area contributed by atoms with Crippen LogP contribution in [0.4, 0.5) is 0 Å². The molecule has 2 saturated heterocycles. The Kier molecular flexibility index (Phi) is 26.2. The predicted octanol–water partition coefficient (Wildman–Crippen LogP) is 12.1. The molecule has 0 spiro atoms. The summed E-state index contributed by atoms with van der Waals surface area (Å²) in [7, 11) is 11.5. The molecule has 89 heavy (non-hydrogen) atoms. The van der Waals surface area contributed by atoms with Gasteiger partial charge in [-0.2, -0.15) is 0 Å². The average Bonchev–Trinajstić information content (AvgIpc) is 1.02. The van der Waals surface area contributed by atoms with Crippen LogP contribution in [0, 0.1) is 0 Å². The molecule has 9 rings (SSSR count). The molecule has 0 amide bonds. The minimum absolute atomic E-state index is 0.159. The van der Waals surface area contributed by atoms with Gasteiger partial charge in [-0.15, -0.1) is 11.8 Å². The van der Waals surface area contributed by atoms with Crippen molar-refractivity contribution in [2.24, 2.45) is 0 Å². The highest BCUT2D eigenvalue weighted by atomic mass is 32.2. The van der Waals surface area contributed by atoms with E-state index in [1.165, 1.54) is 0 Å². The van der Waals surface area contributed by atoms with Crippen LogP contribution < -0.4 is 28.4 Å². The number of benzene rings is 7. The lowest BCUT2D eigenvalue weighted by Crippen LogP contribution is -2.61. The van der Waals surface area contributed by atoms with E-state index in [4.69, 9.17) is 80.5 Å². The van der Waals surface area contributed by atoms with Crippen LogP contribution in [-0.4, -0.2) is 129 Å². The second kappa shape index (κ2) is 35.0. The van der Waals surface area contributed by atoms with Crippen molar-refractivity contribution in [3.63, 3.8) is 0 Å². The van der Waals surface area contributed by atoms with Crippen molar-refractivity contribution in [3.8, 4) is 34.5 Å². The maximum Gasteiger partial charge on any atom is 0.186 e. The summed E-state index contributed by atoms with van der Waals surface area (Å²) in [5.41, 5.74) is 7.14. The predicted molar refractivity (Wildman–Crippen MR) is 338 cm³/mol. The number of methoxy groups -OCH3 is 7. The van der Waals surface area contributed by atoms with Crippen molar-refractivity contribution < 1.29 is 80.5 Å². The van der Waals surface area contributed by atoms with Crippen molar-refractivity contribution >= 4 is 11.8 Å². The minimum atomic E-state index is -0.839. The van der Waals surface area contributed by atoms with Crippen LogP contribution in [-0.2, 0) is 105 Å². The Balaban J connectivity index is 0.953. The van der Waals surface area contributed by atoms with Crippen molar-refractivity contribution in [2.45, 2.75) is 120 Å². The monoisotopic (exact) mass is 1240 g/mol. The van der Waals surface area contributed by atoms with Gasteiger partial charge in [-0.3, -0.25) is 0 Å². The van der Waals surface area contributed by atoms with Crippen LogP contribution in [0.25, 0.3) is 0 Å². The Hall–Kier alpha value is -6.75. The van der Waals surface area contributed by atoms with Crippen LogP contribution in [0.1, 0.15) is 51.4 Å². The summed E-state index contributed by atoms with van der Waals surface area (Å²) in [6, 6.07) is 55.0. The van der Waals surface area contributed by atoms with Gasteiger partial charge in [0.25, 0.3) is 0 Å². The number of hydrogen-bond acceptors (Lipinski definition) is 18. The van der Waals surface area contributed by atoms with Crippen molar-refractivity contribution in [3.05, 3.63) is 214 Å². The van der Waals surface area contributed by atoms with Crippen molar-refractivity contribution in [2.75, 3.05) is 68.7 Å². The molecule has 0 N–H and O–H groups in total. The molecule has 0 radical (unpaired) electrons. The van der Waals surface area contributed by atoms with E-state index in [1.54, 1.807) is 61.5 Å². The smallest absolute Gasteiger partial charge is 0.186 e. The quantitative estimate of drug-likeness (QED) is 0.0369. The number of hydrogen-bond donors (Lipinski definition) is 0. The molecule has 7 aromatic rings. The third-order valence-electron chi connectivity index (χ3n) is 15.4. The Morgan fingerprint density at radius 2 is 0.607 bits per heavy atom. The van der Waals surface area contributed by atoms with E-state index in [0.29, 0.717) is 13.2 Å². The molecule has 2 aliphatic heterocycles. The standard InChI is InChI=1S/C71H84O17S/c1-9-89-71-69(86-44-53-23-35-61(77-7)36-24-53)67(84-42-51-19-31-59(75-5)32-20-51)65(81-40-49-15-27-57(73-3)28-16-49)63(88-71)47-80-39-54-11-10-12-55(37-54)45-82-64-62(46-79-38-48-13-25-56(72-2)26-14-48)87-70(78-8)68(85-43-52-21-33-60(76-6)34-22-52)66(64)83-41-50-17-29-58(74-4)30-18-50/h10-37,62-71H,9,38-47H2,1-8H3/t62-,63-,64+,65-,66+,67+,68-,69-,70+,71+/m1/s1. The van der Waals surface area contributed by atoms with Gasteiger partial charge in [0.1, 0.15) is 88.8 Å². The SMILES string of the molecule is CCS[C@@H]1O[C@H](COCc2cccc(CO[C@@H]3[C@H](OCc4ccc(OC)cc4)[C@@H](OCc4ccc(OC)cc4)[C@@H](OC)O[C@@H]3COCc3ccc(OC)cc3)c2)[C@@H](OCc2ccc(OC)cc2)[C@H](OCc2ccc(OC)cc2)[C@H]1OCc1ccc(OC)cc1. The summed E-state index contributed by atoms with van der Waals surface area (Å²) in [6.07, 6.45) is -5.93. The Labute approximate surface area is 527 Å². The van der Waals surface area contributed by atoms with E-state index in [-0.39, 0.29) is 52.9 Å². The molecule has 17 nitrogen and oxygen atoms in total. The normalized spacial score (nSPS) is 21.7. The van der Waals surface area contributed by atoms with Gasteiger partial charge >= 0.3 is 0 Å². The van der Waals surface area contributed by atoms with E-state index < -0.39 is 60.6 Å². The second-order valence-corrected chi connectivity index (χ2v) is 22.7. The van der Waals surface area contributed by atoms with Crippen LogP contribution in [0.3, 0.4) is 0 Å². The Morgan fingerprint density at radius 3 is 0.966 bits per heavy atom. The van der Waals surface area contributed by atoms with Gasteiger partial charge in [0.2, 0.25) is 0 Å². The van der Waals surface area contributed by atoms with E-state index in [1.807, 2.05) is 164 Å². The molecule has 7 aromatic carbocycles. The molecule has 476 valence electrons. The lowest BCUT2D eigenvalue weighted by Gasteiger charge is -2.46. The van der Waals surface area contributed by atoms with Crippen LogP contribution in [0.2, 0.25) is 0 Å². The number of thioether (sulfide) groups is 1. The van der Waals surface area contributed by atoms with Crippen LogP contribution >= 0.6 is 11.8 Å². The number of ether oxygens (including phenoxy) is 17. The minimum Gasteiger partial charge on any atom is -0.497 e. The molecule has 18 heteroatoms. The maximum absolute atomic E-state index is 7.06. The maximum atomic E-state index is 7.06. The van der Waals surface area contributed by atoms with Gasteiger partial charge in [0.15, 0.2) is 6.29 Å². The summed E-state index contributed by atoms with van der Waals surface area (Å²) in [4.78, 5) is 0. The van der Waals surface area contributed by atoms with Crippen LogP contribution in [0.15, 0.2) is 170 Å². The number of rotatable bonds is 35. The summed E-state index contributed by atoms with van der Waals surface area (Å²) in [5.74, 6) is 5.28. The first-order valence-corrected chi connectivity index (χ1v) is 30.9. The summed E-state index contributed by atoms with van der Waals surface area (Å²) >= 11 is 1.66. The molecule has 2 aliphatic rings. The molecule has 2 fully saturated rings. The molecule has 0 unspecified atom stereocenters. The van der Waals surface area contributed by atoms with Gasteiger partial charge < -0.3 is 80.5 Å². The fourth-order valence-electron chi connectivity index (χ4n) is 10.5. The van der Waals surface area contributed by atoms with E-state index >= 15 is 0 Å². The molecule has 0 saturated carbocycles. The zero-order valence-electron chi connectivity index (χ0n) is 52.1. The molecule has 0 aromatic heterocycles. The lowest BCUT2D eigenvalue weighted by molar-refractivity contribution is -0.323. The highest BCUT2D eigenvalue weighted by molar-refractivity contribution is 7.99. The molecule has 0 bridgehead atoms. The van der Waals surface area contributed by atoms with Crippen molar-refractivity contribution in [1.82, 2.24) is 0 Å². The zero-order valence-corrected chi connectivity index (χ0v) is 52.9. The summed E-state index contributed by atoms with van der Waals surface area (Å²) in [5, 5.41) is 0. The first kappa shape index (κ1) is 66.7. The first-order chi connectivity index (χ1) is 43.7. The molecule has 0 aliphatic carbocycles. The zero-order chi connectivity index (χ0) is 62.2. The molecular weight excluding hydrogens is 1160 g/mol. The van der Waals surface area contributed by atoms with E-state index in [9.17, 15) is 0 Å². The van der Waals surface area contributed by atoms with Crippen LogP contribution in [0.5, 0.6) is 34.5 Å². The van der Waals surface area contributed by atoms with Gasteiger partial charge in [-0.05, 0) is 123 Å². The largest absolute Gasteiger partial charge is 0.497 e. The fraction of sp³-hybridized carbons (Fsp3) is 0.408. The van der Waals surface area contributed by atoms with Gasteiger partial charge in [0.05, 0.1) is 109 Å². The van der Waals surface area contributed by atoms with Crippen molar-refractivity contribution in [1.29, 1.82) is 0 Å². The average molecular weight is 1240 g/mol. The second-order valence-electron chi connectivity index (χ2n) is 21.4. The highest BCUT2D eigenvalue weighted by Gasteiger charge is 2.50. The van der Waals surface area contributed by atoms with Gasteiger partial charge in [-0.25, -0.2) is 0 Å². The van der Waals surface area contributed by atoms with E-state index in [0.717, 1.165) is 84.8 Å². The highest BCUT2D eigenvalue weighted by Crippen LogP contribution is 2.37.